The third-order valence-electron chi connectivity index (χ3n) is 7.22. The van der Waals surface area contributed by atoms with Crippen LogP contribution in [0.15, 0.2) is 53.9 Å². The maximum Gasteiger partial charge on any atom is 0.341 e. The number of pyridine rings is 1. The summed E-state index contributed by atoms with van der Waals surface area (Å²) in [6, 6.07) is 7.01. The van der Waals surface area contributed by atoms with Crippen molar-refractivity contribution in [3.8, 4) is 0 Å². The van der Waals surface area contributed by atoms with Gasteiger partial charge in [-0.15, -0.1) is 0 Å². The first-order valence-electron chi connectivity index (χ1n) is 13.1. The predicted molar refractivity (Wildman–Crippen MR) is 140 cm³/mol. The summed E-state index contributed by atoms with van der Waals surface area (Å²) >= 11 is 0. The molecule has 0 radical (unpaired) electrons. The summed E-state index contributed by atoms with van der Waals surface area (Å²) in [5.74, 6) is -2.65. The van der Waals surface area contributed by atoms with Crippen molar-refractivity contribution in [1.82, 2.24) is 25.2 Å². The van der Waals surface area contributed by atoms with Gasteiger partial charge in [-0.1, -0.05) is 12.1 Å². The number of likely N-dealkylation sites (tertiary alicyclic amines) is 1. The van der Waals surface area contributed by atoms with Crippen LogP contribution < -0.4 is 5.32 Å². The Morgan fingerprint density at radius 1 is 1.18 bits per heavy atom. The van der Waals surface area contributed by atoms with Crippen molar-refractivity contribution in [3.05, 3.63) is 76.8 Å². The third kappa shape index (κ3) is 6.45. The molecule has 1 aromatic heterocycles. The van der Waals surface area contributed by atoms with Gasteiger partial charge in [-0.3, -0.25) is 14.8 Å². The Morgan fingerprint density at radius 2 is 1.95 bits per heavy atom. The summed E-state index contributed by atoms with van der Waals surface area (Å²) in [5, 5.41) is 4.78. The van der Waals surface area contributed by atoms with E-state index in [1.165, 1.54) is 13.2 Å². The number of carbonyl (C=O) groups is 3. The van der Waals surface area contributed by atoms with E-state index in [1.807, 2.05) is 18.2 Å². The highest BCUT2D eigenvalue weighted by Crippen LogP contribution is 2.36. The quantitative estimate of drug-likeness (QED) is 0.334. The second kappa shape index (κ2) is 13.4. The lowest BCUT2D eigenvalue weighted by atomic mass is 9.93. The van der Waals surface area contributed by atoms with Crippen LogP contribution in [0.5, 0.6) is 0 Å². The minimum Gasteiger partial charge on any atom is -0.466 e. The molecule has 1 fully saturated rings. The number of esters is 1. The molecule has 1 N–H and O–H groups in total. The molecular weight excluding hydrogens is 524 g/mol. The van der Waals surface area contributed by atoms with E-state index >= 15 is 0 Å². The number of rotatable bonds is 11. The van der Waals surface area contributed by atoms with Gasteiger partial charge in [-0.2, -0.15) is 0 Å². The van der Waals surface area contributed by atoms with E-state index in [4.69, 9.17) is 9.47 Å². The number of hydrogen-bond acceptors (Lipinski definition) is 7. The van der Waals surface area contributed by atoms with Crippen LogP contribution in [-0.2, 0) is 19.1 Å². The van der Waals surface area contributed by atoms with Gasteiger partial charge in [-0.25, -0.2) is 23.4 Å². The maximum atomic E-state index is 14.3. The molecule has 12 heteroatoms. The number of urea groups is 1. The second-order valence-electron chi connectivity index (χ2n) is 9.66. The molecule has 2 aromatic rings. The molecule has 0 bridgehead atoms. The van der Waals surface area contributed by atoms with Crippen LogP contribution in [0.1, 0.15) is 42.5 Å². The Kier molecular flexibility index (Phi) is 9.78. The van der Waals surface area contributed by atoms with Crippen LogP contribution >= 0.6 is 0 Å². The van der Waals surface area contributed by atoms with Crippen molar-refractivity contribution < 1.29 is 32.6 Å². The Labute approximate surface area is 231 Å². The van der Waals surface area contributed by atoms with Gasteiger partial charge in [0.1, 0.15) is 6.04 Å². The fourth-order valence-corrected chi connectivity index (χ4v) is 5.25. The summed E-state index contributed by atoms with van der Waals surface area (Å²) in [5.41, 5.74) is 1.23. The standard InChI is InChI=1S/C28H33F2N5O5/c1-39-17-24-25(27(37)40-2)26(20-7-8-21(29)22(30)16-20)35(28(38)32-24)34(18-36)13-5-12-33-14-9-19(10-15-33)23-6-3-4-11-31-23/h3-4,6-8,11,16,18-19,26H,5,9-10,12-15,17H2,1-2H3,(H,32,38). The number of carbonyl (C=O) groups excluding carboxylic acids is 3. The molecular formula is C28H33F2N5O5. The number of hydrogen-bond donors (Lipinski definition) is 1. The van der Waals surface area contributed by atoms with Crippen molar-refractivity contribution in [1.29, 1.82) is 0 Å². The highest BCUT2D eigenvalue weighted by Gasteiger charge is 2.42. The van der Waals surface area contributed by atoms with Crippen molar-refractivity contribution in [2.24, 2.45) is 0 Å². The molecule has 2 aliphatic rings. The number of piperidine rings is 1. The Bertz CT molecular complexity index is 1240. The topological polar surface area (TPSA) is 104 Å². The number of benzene rings is 1. The highest BCUT2D eigenvalue weighted by molar-refractivity contribution is 5.95. The number of ether oxygens (including phenoxy) is 2. The summed E-state index contributed by atoms with van der Waals surface area (Å²) in [6.07, 6.45) is 4.76. The zero-order valence-corrected chi connectivity index (χ0v) is 22.5. The number of aromatic nitrogens is 1. The first-order valence-corrected chi connectivity index (χ1v) is 13.1. The summed E-state index contributed by atoms with van der Waals surface area (Å²) in [4.78, 5) is 45.2. The van der Waals surface area contributed by atoms with Crippen molar-refractivity contribution >= 4 is 18.4 Å². The van der Waals surface area contributed by atoms with E-state index in [0.717, 1.165) is 60.9 Å². The minimum absolute atomic E-state index is 0.0570. The summed E-state index contributed by atoms with van der Waals surface area (Å²) in [7, 11) is 2.54. The first kappa shape index (κ1) is 29.1. The number of amides is 3. The highest BCUT2D eigenvalue weighted by atomic mass is 19.2. The van der Waals surface area contributed by atoms with Gasteiger partial charge in [0, 0.05) is 31.5 Å². The van der Waals surface area contributed by atoms with Gasteiger partial charge in [0.2, 0.25) is 6.41 Å². The lowest BCUT2D eigenvalue weighted by Crippen LogP contribution is -2.57. The SMILES string of the molecule is COCC1=C(C(=O)OC)C(c2ccc(F)c(F)c2)N(N(C=O)CCCN2CCC(c3ccccn3)CC2)C(=O)N1. The van der Waals surface area contributed by atoms with Gasteiger partial charge in [0.15, 0.2) is 11.6 Å². The molecule has 40 heavy (non-hydrogen) atoms. The van der Waals surface area contributed by atoms with Crippen LogP contribution in [-0.4, -0.2) is 85.3 Å². The van der Waals surface area contributed by atoms with Gasteiger partial charge in [-0.05, 0) is 68.7 Å². The molecule has 3 heterocycles. The summed E-state index contributed by atoms with van der Waals surface area (Å²) < 4.78 is 38.2. The lowest BCUT2D eigenvalue weighted by molar-refractivity contribution is -0.141. The molecule has 10 nitrogen and oxygen atoms in total. The van der Waals surface area contributed by atoms with E-state index in [1.54, 1.807) is 6.20 Å². The van der Waals surface area contributed by atoms with Crippen LogP contribution in [0.4, 0.5) is 13.6 Å². The van der Waals surface area contributed by atoms with E-state index in [9.17, 15) is 23.2 Å². The van der Waals surface area contributed by atoms with Crippen LogP contribution in [0.2, 0.25) is 0 Å². The average molecular weight is 558 g/mol. The van der Waals surface area contributed by atoms with E-state index < -0.39 is 29.7 Å². The average Bonchev–Trinajstić information content (AvgIpc) is 2.97. The number of nitrogens with one attached hydrogen (secondary N) is 1. The molecule has 4 rings (SSSR count). The molecule has 2 aliphatic heterocycles. The largest absolute Gasteiger partial charge is 0.466 e. The molecule has 0 aliphatic carbocycles. The van der Waals surface area contributed by atoms with Crippen molar-refractivity contribution in [2.75, 3.05) is 47.0 Å². The number of nitrogens with zero attached hydrogens (tertiary/aromatic N) is 4. The van der Waals surface area contributed by atoms with Gasteiger partial charge in [0.25, 0.3) is 0 Å². The monoisotopic (exact) mass is 557 g/mol. The summed E-state index contributed by atoms with van der Waals surface area (Å²) in [6.45, 7) is 2.42. The van der Waals surface area contributed by atoms with Gasteiger partial charge in [0.05, 0.1) is 25.0 Å². The lowest BCUT2D eigenvalue weighted by Gasteiger charge is -2.42. The zero-order chi connectivity index (χ0) is 28.6. The third-order valence-corrected chi connectivity index (χ3v) is 7.22. The second-order valence-corrected chi connectivity index (χ2v) is 9.66. The predicted octanol–water partition coefficient (Wildman–Crippen LogP) is 3.14. The van der Waals surface area contributed by atoms with Crippen LogP contribution in [0.3, 0.4) is 0 Å². The van der Waals surface area contributed by atoms with Crippen molar-refractivity contribution in [3.63, 3.8) is 0 Å². The molecule has 1 unspecified atom stereocenters. The Morgan fingerprint density at radius 3 is 2.58 bits per heavy atom. The van der Waals surface area contributed by atoms with Gasteiger partial charge >= 0.3 is 12.0 Å². The Balaban J connectivity index is 1.52. The zero-order valence-electron chi connectivity index (χ0n) is 22.5. The minimum atomic E-state index is -1.26. The number of methoxy groups -OCH3 is 2. The molecule has 3 amide bonds. The number of halogens is 2. The molecule has 0 spiro atoms. The molecule has 1 aromatic carbocycles. The fourth-order valence-electron chi connectivity index (χ4n) is 5.25. The van der Waals surface area contributed by atoms with E-state index in [-0.39, 0.29) is 30.0 Å². The van der Waals surface area contributed by atoms with Crippen molar-refractivity contribution in [2.45, 2.75) is 31.2 Å². The molecule has 0 saturated carbocycles. The molecule has 1 atom stereocenters. The first-order chi connectivity index (χ1) is 19.4. The smallest absolute Gasteiger partial charge is 0.341 e. The Hall–Kier alpha value is -3.90. The molecule has 1 saturated heterocycles. The van der Waals surface area contributed by atoms with E-state index in [2.05, 4.69) is 15.2 Å². The maximum absolute atomic E-state index is 14.3. The van der Waals surface area contributed by atoms with E-state index in [0.29, 0.717) is 25.3 Å². The normalized spacial score (nSPS) is 18.4. The van der Waals surface area contributed by atoms with Gasteiger partial charge < -0.3 is 19.7 Å². The van der Waals surface area contributed by atoms with Crippen LogP contribution in [0, 0.1) is 11.6 Å². The molecule has 214 valence electrons. The number of hydrazine groups is 1. The fraction of sp³-hybridized carbons (Fsp3) is 0.429. The van der Waals surface area contributed by atoms with Crippen LogP contribution in [0.25, 0.3) is 0 Å².